The fourth-order valence-corrected chi connectivity index (χ4v) is 2.57. The molecule has 0 radical (unpaired) electrons. The lowest BCUT2D eigenvalue weighted by molar-refractivity contribution is 0.0980. The highest BCUT2D eigenvalue weighted by molar-refractivity contribution is 6.06. The number of aromatic nitrogens is 1. The van der Waals surface area contributed by atoms with E-state index in [0.29, 0.717) is 17.0 Å². The first-order chi connectivity index (χ1) is 13.0. The highest BCUT2D eigenvalue weighted by Crippen LogP contribution is 2.26. The number of carbonyl (C=O) groups is 1. The Hall–Kier alpha value is -3.35. The fourth-order valence-electron chi connectivity index (χ4n) is 2.57. The number of anilines is 1. The van der Waals surface area contributed by atoms with Gasteiger partial charge in [-0.3, -0.25) is 9.78 Å². The third-order valence-corrected chi connectivity index (χ3v) is 3.94. The van der Waals surface area contributed by atoms with Gasteiger partial charge in [-0.15, -0.1) is 0 Å². The zero-order valence-corrected chi connectivity index (χ0v) is 14.3. The smallest absolute Gasteiger partial charge is 0.261 e. The number of rotatable bonds is 5. The van der Waals surface area contributed by atoms with Gasteiger partial charge in [-0.25, -0.2) is 13.2 Å². The van der Waals surface area contributed by atoms with E-state index in [4.69, 9.17) is 4.74 Å². The molecule has 3 rings (SSSR count). The number of halogens is 3. The van der Waals surface area contributed by atoms with Crippen molar-refractivity contribution in [3.63, 3.8) is 0 Å². The van der Waals surface area contributed by atoms with Gasteiger partial charge in [0.05, 0.1) is 19.2 Å². The first-order valence-electron chi connectivity index (χ1n) is 7.99. The van der Waals surface area contributed by atoms with Gasteiger partial charge >= 0.3 is 0 Å². The van der Waals surface area contributed by atoms with Gasteiger partial charge in [0.2, 0.25) is 0 Å². The van der Waals surface area contributed by atoms with E-state index in [1.165, 1.54) is 12.0 Å². The number of hydrogen-bond donors (Lipinski definition) is 0. The number of ether oxygens (including phenoxy) is 1. The van der Waals surface area contributed by atoms with Gasteiger partial charge in [0.15, 0.2) is 17.5 Å². The van der Waals surface area contributed by atoms with Crippen molar-refractivity contribution in [2.75, 3.05) is 12.0 Å². The minimum absolute atomic E-state index is 0.0538. The van der Waals surface area contributed by atoms with Crippen LogP contribution in [0, 0.1) is 17.5 Å². The molecule has 3 aromatic rings. The van der Waals surface area contributed by atoms with Crippen LogP contribution in [0.5, 0.6) is 5.75 Å². The third kappa shape index (κ3) is 3.92. The number of carbonyl (C=O) groups excluding carboxylic acids is 1. The predicted molar refractivity (Wildman–Crippen MR) is 94.1 cm³/mol. The summed E-state index contributed by atoms with van der Waals surface area (Å²) in [5, 5.41) is 0. The second-order valence-electron chi connectivity index (χ2n) is 5.68. The Morgan fingerprint density at radius 3 is 2.59 bits per heavy atom. The SMILES string of the molecule is COc1cccc(N(Cc2cccnc2)C(=O)c2ccc(F)c(F)c2F)c1. The molecule has 1 heterocycles. The molecule has 0 spiro atoms. The van der Waals surface area contributed by atoms with E-state index in [1.54, 1.807) is 48.8 Å². The Bertz CT molecular complexity index is 965. The van der Waals surface area contributed by atoms with Crippen molar-refractivity contribution in [3.05, 3.63) is 89.5 Å². The number of amides is 1. The van der Waals surface area contributed by atoms with E-state index in [1.807, 2.05) is 0 Å². The molecule has 7 heteroatoms. The molecule has 0 atom stereocenters. The van der Waals surface area contributed by atoms with Crippen molar-refractivity contribution in [1.29, 1.82) is 0 Å². The molecule has 27 heavy (non-hydrogen) atoms. The molecule has 0 unspecified atom stereocenters. The summed E-state index contributed by atoms with van der Waals surface area (Å²) in [5.41, 5.74) is 0.518. The Labute approximate surface area is 153 Å². The van der Waals surface area contributed by atoms with Crippen molar-refractivity contribution in [1.82, 2.24) is 4.98 Å². The Kier molecular flexibility index (Phi) is 5.40. The maximum atomic E-state index is 14.2. The molecule has 0 N–H and O–H groups in total. The van der Waals surface area contributed by atoms with Crippen molar-refractivity contribution < 1.29 is 22.7 Å². The minimum atomic E-state index is -1.69. The van der Waals surface area contributed by atoms with Crippen molar-refractivity contribution in [3.8, 4) is 5.75 Å². The lowest BCUT2D eigenvalue weighted by Crippen LogP contribution is -2.31. The van der Waals surface area contributed by atoms with E-state index in [-0.39, 0.29) is 6.54 Å². The van der Waals surface area contributed by atoms with Crippen LogP contribution in [0.1, 0.15) is 15.9 Å². The van der Waals surface area contributed by atoms with Crippen LogP contribution >= 0.6 is 0 Å². The zero-order chi connectivity index (χ0) is 19.4. The summed E-state index contributed by atoms with van der Waals surface area (Å²) in [4.78, 5) is 18.2. The standard InChI is InChI=1S/C20H15F3N2O2/c1-27-15-6-2-5-14(10-15)25(12-13-4-3-9-24-11-13)20(26)16-7-8-17(21)19(23)18(16)22/h2-11H,12H2,1H3. The predicted octanol–water partition coefficient (Wildman–Crippen LogP) is 4.35. The first-order valence-corrected chi connectivity index (χ1v) is 7.99. The zero-order valence-electron chi connectivity index (χ0n) is 14.3. The maximum absolute atomic E-state index is 14.2. The van der Waals surface area contributed by atoms with Gasteiger partial charge in [-0.2, -0.15) is 0 Å². The maximum Gasteiger partial charge on any atom is 0.261 e. The number of nitrogens with zero attached hydrogens (tertiary/aromatic N) is 2. The summed E-state index contributed by atoms with van der Waals surface area (Å²) in [6.45, 7) is 0.0538. The monoisotopic (exact) mass is 372 g/mol. The molecule has 138 valence electrons. The van der Waals surface area contributed by atoms with Crippen LogP contribution in [0.4, 0.5) is 18.9 Å². The van der Waals surface area contributed by atoms with Gasteiger partial charge in [-0.05, 0) is 35.9 Å². The van der Waals surface area contributed by atoms with Crippen molar-refractivity contribution >= 4 is 11.6 Å². The van der Waals surface area contributed by atoms with Gasteiger partial charge in [-0.1, -0.05) is 12.1 Å². The lowest BCUT2D eigenvalue weighted by Gasteiger charge is -2.24. The van der Waals surface area contributed by atoms with Crippen LogP contribution in [0.3, 0.4) is 0 Å². The average Bonchev–Trinajstić information content (AvgIpc) is 2.71. The van der Waals surface area contributed by atoms with Crippen LogP contribution in [-0.2, 0) is 6.54 Å². The molecule has 4 nitrogen and oxygen atoms in total. The summed E-state index contributed by atoms with van der Waals surface area (Å²) in [6, 6.07) is 11.7. The van der Waals surface area contributed by atoms with Crippen LogP contribution in [0.15, 0.2) is 60.9 Å². The van der Waals surface area contributed by atoms with Gasteiger partial charge in [0.25, 0.3) is 5.91 Å². The van der Waals surface area contributed by atoms with Crippen molar-refractivity contribution in [2.24, 2.45) is 0 Å². The minimum Gasteiger partial charge on any atom is -0.497 e. The third-order valence-electron chi connectivity index (χ3n) is 3.94. The molecule has 0 bridgehead atoms. The molecule has 0 aliphatic rings. The van der Waals surface area contributed by atoms with E-state index in [2.05, 4.69) is 4.98 Å². The summed E-state index contributed by atoms with van der Waals surface area (Å²) in [6.07, 6.45) is 3.14. The van der Waals surface area contributed by atoms with Crippen LogP contribution in [0.25, 0.3) is 0 Å². The second kappa shape index (κ2) is 7.90. The van der Waals surface area contributed by atoms with Gasteiger partial charge in [0.1, 0.15) is 5.75 Å². The molecule has 0 aliphatic carbocycles. The molecule has 0 fully saturated rings. The second-order valence-corrected chi connectivity index (χ2v) is 5.68. The number of methoxy groups -OCH3 is 1. The molecule has 0 saturated heterocycles. The van der Waals surface area contributed by atoms with E-state index in [9.17, 15) is 18.0 Å². The largest absolute Gasteiger partial charge is 0.497 e. The van der Waals surface area contributed by atoms with Gasteiger partial charge in [0, 0.05) is 24.1 Å². The molecule has 0 saturated carbocycles. The summed E-state index contributed by atoms with van der Waals surface area (Å²) in [5.74, 6) is -4.90. The molecule has 1 amide bonds. The molecular formula is C20H15F3N2O2. The molecule has 1 aromatic heterocycles. The topological polar surface area (TPSA) is 42.4 Å². The summed E-state index contributed by atoms with van der Waals surface area (Å²) < 4.78 is 46.2. The Morgan fingerprint density at radius 1 is 1.07 bits per heavy atom. The fraction of sp³-hybridized carbons (Fsp3) is 0.100. The number of benzene rings is 2. The van der Waals surface area contributed by atoms with E-state index >= 15 is 0 Å². The normalized spacial score (nSPS) is 10.5. The molecular weight excluding hydrogens is 357 g/mol. The average molecular weight is 372 g/mol. The molecule has 2 aromatic carbocycles. The van der Waals surface area contributed by atoms with Gasteiger partial charge < -0.3 is 9.64 Å². The summed E-state index contributed by atoms with van der Waals surface area (Å²) >= 11 is 0. The summed E-state index contributed by atoms with van der Waals surface area (Å²) in [7, 11) is 1.47. The number of hydrogen-bond acceptors (Lipinski definition) is 3. The quantitative estimate of drug-likeness (QED) is 0.625. The van der Waals surface area contributed by atoms with Crippen molar-refractivity contribution in [2.45, 2.75) is 6.54 Å². The first kappa shape index (κ1) is 18.4. The van der Waals surface area contributed by atoms with E-state index in [0.717, 1.165) is 12.1 Å². The Balaban J connectivity index is 2.06. The van der Waals surface area contributed by atoms with Crippen LogP contribution < -0.4 is 9.64 Å². The van der Waals surface area contributed by atoms with Crippen LogP contribution in [-0.4, -0.2) is 18.0 Å². The highest BCUT2D eigenvalue weighted by Gasteiger charge is 2.25. The lowest BCUT2D eigenvalue weighted by atomic mass is 10.1. The Morgan fingerprint density at radius 2 is 1.89 bits per heavy atom. The molecule has 0 aliphatic heterocycles. The van der Waals surface area contributed by atoms with Crippen LogP contribution in [0.2, 0.25) is 0 Å². The highest BCUT2D eigenvalue weighted by atomic mass is 19.2. The van der Waals surface area contributed by atoms with E-state index < -0.39 is 28.9 Å². The number of pyridine rings is 1.